The van der Waals surface area contributed by atoms with Crippen molar-refractivity contribution in [2.75, 3.05) is 19.1 Å². The number of urea groups is 1. The summed E-state index contributed by atoms with van der Waals surface area (Å²) in [6.45, 7) is 1.92. The normalized spacial score (nSPS) is 23.6. The first-order valence-electron chi connectivity index (χ1n) is 8.26. The Labute approximate surface area is 160 Å². The number of fused-ring (bicyclic) bond motifs is 4. The van der Waals surface area contributed by atoms with Gasteiger partial charge in [-0.2, -0.15) is 0 Å². The Bertz CT molecular complexity index is 871. The molecule has 1 fully saturated rings. The van der Waals surface area contributed by atoms with E-state index in [2.05, 4.69) is 21.2 Å². The summed E-state index contributed by atoms with van der Waals surface area (Å²) in [6.07, 6.45) is 0.622. The minimum atomic E-state index is -0.824. The second-order valence-electron chi connectivity index (χ2n) is 6.54. The molecule has 0 unspecified atom stereocenters. The molecular weight excluding hydrogens is 400 g/mol. The van der Waals surface area contributed by atoms with Crippen LogP contribution in [0.4, 0.5) is 10.5 Å². The Balaban J connectivity index is 1.79. The molecule has 2 aromatic carbocycles. The maximum absolute atomic E-state index is 12.9. The molecule has 2 atom stereocenters. The number of carbonyl (C=O) groups is 1. The number of hydrogen-bond acceptors (Lipinski definition) is 4. The van der Waals surface area contributed by atoms with Crippen LogP contribution in [0.15, 0.2) is 40.9 Å². The highest BCUT2D eigenvalue weighted by molar-refractivity contribution is 9.10. The van der Waals surface area contributed by atoms with Gasteiger partial charge in [0.05, 0.1) is 20.3 Å². The smallest absolute Gasteiger partial charge is 0.325 e. The van der Waals surface area contributed by atoms with Crippen molar-refractivity contribution in [1.82, 2.24) is 5.32 Å². The minimum absolute atomic E-state index is 0.142. The lowest BCUT2D eigenvalue weighted by molar-refractivity contribution is 0.0349. The van der Waals surface area contributed by atoms with Crippen LogP contribution in [0.5, 0.6) is 17.2 Å². The van der Waals surface area contributed by atoms with Gasteiger partial charge < -0.3 is 19.5 Å². The Morgan fingerprint density at radius 1 is 1.23 bits per heavy atom. The molecule has 0 radical (unpaired) electrons. The number of ether oxygens (including phenoxy) is 3. The molecule has 2 amide bonds. The fraction of sp³-hybridized carbons (Fsp3) is 0.316. The predicted octanol–water partition coefficient (Wildman–Crippen LogP) is 4.24. The Morgan fingerprint density at radius 3 is 2.62 bits per heavy atom. The Hall–Kier alpha value is -2.41. The molecule has 2 bridgehead atoms. The summed E-state index contributed by atoms with van der Waals surface area (Å²) < 4.78 is 17.9. The topological polar surface area (TPSA) is 60.0 Å². The molecule has 0 spiro atoms. The van der Waals surface area contributed by atoms with Gasteiger partial charge in [0, 0.05) is 22.1 Å². The Morgan fingerprint density at radius 2 is 1.96 bits per heavy atom. The molecule has 0 aliphatic carbocycles. The van der Waals surface area contributed by atoms with E-state index >= 15 is 0 Å². The molecule has 0 saturated carbocycles. The first-order chi connectivity index (χ1) is 12.4. The summed E-state index contributed by atoms with van der Waals surface area (Å²) in [4.78, 5) is 14.5. The summed E-state index contributed by atoms with van der Waals surface area (Å²) in [7, 11) is 3.22. The summed E-state index contributed by atoms with van der Waals surface area (Å²) in [5.74, 6) is 2.03. The van der Waals surface area contributed by atoms with Crippen molar-refractivity contribution >= 4 is 27.6 Å². The molecule has 1 N–H and O–H groups in total. The van der Waals surface area contributed by atoms with Crippen molar-refractivity contribution in [1.29, 1.82) is 0 Å². The van der Waals surface area contributed by atoms with Gasteiger partial charge >= 0.3 is 6.03 Å². The largest absolute Gasteiger partial charge is 0.497 e. The molecular formula is C19H19BrN2O4. The maximum Gasteiger partial charge on any atom is 0.325 e. The van der Waals surface area contributed by atoms with Crippen molar-refractivity contribution in [2.45, 2.75) is 25.1 Å². The number of nitrogens with one attached hydrogen (secondary N) is 1. The van der Waals surface area contributed by atoms with Gasteiger partial charge in [0.25, 0.3) is 0 Å². The van der Waals surface area contributed by atoms with Crippen molar-refractivity contribution in [2.24, 2.45) is 0 Å². The number of carbonyl (C=O) groups excluding carboxylic acids is 1. The van der Waals surface area contributed by atoms with E-state index in [1.54, 1.807) is 19.1 Å². The number of rotatable bonds is 3. The van der Waals surface area contributed by atoms with Crippen LogP contribution >= 0.6 is 15.9 Å². The van der Waals surface area contributed by atoms with Crippen molar-refractivity contribution < 1.29 is 19.0 Å². The summed E-state index contributed by atoms with van der Waals surface area (Å²) in [5, 5.41) is 3.08. The molecule has 0 aromatic heterocycles. The zero-order valence-corrected chi connectivity index (χ0v) is 16.3. The van der Waals surface area contributed by atoms with E-state index in [0.29, 0.717) is 17.9 Å². The SMILES string of the molecule is COc1ccc(N2C(=O)N[C@@H]3C[C@]2(C)Oc2c(OC)cc(Br)cc23)cc1. The van der Waals surface area contributed by atoms with Gasteiger partial charge in [0.1, 0.15) is 5.75 Å². The lowest BCUT2D eigenvalue weighted by Crippen LogP contribution is -2.65. The molecule has 136 valence electrons. The van der Waals surface area contributed by atoms with Crippen LogP contribution in [0.3, 0.4) is 0 Å². The zero-order valence-electron chi connectivity index (χ0n) is 14.7. The molecule has 2 aliphatic rings. The zero-order chi connectivity index (χ0) is 18.5. The van der Waals surface area contributed by atoms with E-state index in [9.17, 15) is 4.79 Å². The second kappa shape index (κ2) is 6.09. The van der Waals surface area contributed by atoms with Gasteiger partial charge in [0.2, 0.25) is 0 Å². The van der Waals surface area contributed by atoms with E-state index < -0.39 is 5.72 Å². The first kappa shape index (κ1) is 17.0. The number of benzene rings is 2. The van der Waals surface area contributed by atoms with Gasteiger partial charge in [-0.15, -0.1) is 0 Å². The van der Waals surface area contributed by atoms with Gasteiger partial charge in [-0.05, 0) is 43.3 Å². The summed E-state index contributed by atoms with van der Waals surface area (Å²) >= 11 is 3.49. The van der Waals surface area contributed by atoms with Gasteiger partial charge in [-0.3, -0.25) is 4.90 Å². The van der Waals surface area contributed by atoms with Gasteiger partial charge in [-0.1, -0.05) is 15.9 Å². The van der Waals surface area contributed by atoms with Crippen LogP contribution in [0.25, 0.3) is 0 Å². The maximum atomic E-state index is 12.9. The summed E-state index contributed by atoms with van der Waals surface area (Å²) in [5.41, 5.74) is 0.829. The third-order valence-electron chi connectivity index (χ3n) is 4.85. The predicted molar refractivity (Wildman–Crippen MR) is 101 cm³/mol. The molecule has 1 saturated heterocycles. The third kappa shape index (κ3) is 2.58. The third-order valence-corrected chi connectivity index (χ3v) is 5.31. The lowest BCUT2D eigenvalue weighted by Gasteiger charge is -2.50. The molecule has 7 heteroatoms. The van der Waals surface area contributed by atoms with Gasteiger partial charge in [-0.25, -0.2) is 4.79 Å². The highest BCUT2D eigenvalue weighted by Crippen LogP contribution is 2.50. The van der Waals surface area contributed by atoms with Crippen LogP contribution in [0.1, 0.15) is 24.9 Å². The highest BCUT2D eigenvalue weighted by Gasteiger charge is 2.50. The molecule has 4 rings (SSSR count). The fourth-order valence-corrected chi connectivity index (χ4v) is 4.13. The minimum Gasteiger partial charge on any atom is -0.497 e. The van der Waals surface area contributed by atoms with Crippen molar-refractivity contribution in [3.63, 3.8) is 0 Å². The van der Waals surface area contributed by atoms with Crippen LogP contribution < -0.4 is 24.4 Å². The average Bonchev–Trinajstić information content (AvgIpc) is 2.62. The van der Waals surface area contributed by atoms with E-state index in [-0.39, 0.29) is 12.1 Å². The number of methoxy groups -OCH3 is 2. The molecule has 26 heavy (non-hydrogen) atoms. The number of nitrogens with zero attached hydrogens (tertiary/aromatic N) is 1. The second-order valence-corrected chi connectivity index (χ2v) is 7.46. The van der Waals surface area contributed by atoms with Crippen LogP contribution in [0, 0.1) is 0 Å². The van der Waals surface area contributed by atoms with Crippen LogP contribution in [-0.2, 0) is 0 Å². The number of halogens is 1. The number of hydrogen-bond donors (Lipinski definition) is 1. The van der Waals surface area contributed by atoms with Crippen molar-refractivity contribution in [3.05, 3.63) is 46.4 Å². The molecule has 2 aromatic rings. The van der Waals surface area contributed by atoms with Gasteiger partial charge in [0.15, 0.2) is 17.2 Å². The quantitative estimate of drug-likeness (QED) is 0.809. The van der Waals surface area contributed by atoms with E-state index in [1.807, 2.05) is 43.3 Å². The first-order valence-corrected chi connectivity index (χ1v) is 9.06. The van der Waals surface area contributed by atoms with Crippen LogP contribution in [-0.4, -0.2) is 26.0 Å². The fourth-order valence-electron chi connectivity index (χ4n) is 3.67. The van der Waals surface area contributed by atoms with Crippen molar-refractivity contribution in [3.8, 4) is 17.2 Å². The molecule has 2 aliphatic heterocycles. The molecule has 2 heterocycles. The monoisotopic (exact) mass is 418 g/mol. The van der Waals surface area contributed by atoms with E-state index in [4.69, 9.17) is 14.2 Å². The Kier molecular flexibility index (Phi) is 3.99. The van der Waals surface area contributed by atoms with E-state index in [1.165, 1.54) is 0 Å². The summed E-state index contributed by atoms with van der Waals surface area (Å²) in [6, 6.07) is 10.8. The highest BCUT2D eigenvalue weighted by atomic mass is 79.9. The van der Waals surface area contributed by atoms with Crippen LogP contribution in [0.2, 0.25) is 0 Å². The van der Waals surface area contributed by atoms with E-state index in [0.717, 1.165) is 21.5 Å². The number of anilines is 1. The number of amides is 2. The average molecular weight is 419 g/mol. The molecule has 6 nitrogen and oxygen atoms in total. The lowest BCUT2D eigenvalue weighted by atomic mass is 9.90. The standard InChI is InChI=1S/C19H19BrN2O4/c1-19-10-15(14-8-11(20)9-16(25-3)17(14)26-19)21-18(23)22(19)12-4-6-13(24-2)7-5-12/h4-9,15H,10H2,1-3H3,(H,21,23)/t15-,19+/m1/s1.